The van der Waals surface area contributed by atoms with Gasteiger partial charge in [0, 0.05) is 38.1 Å². The maximum absolute atomic E-state index is 12.4. The van der Waals surface area contributed by atoms with Crippen LogP contribution in [0.5, 0.6) is 5.75 Å². The van der Waals surface area contributed by atoms with E-state index in [2.05, 4.69) is 25.5 Å². The zero-order chi connectivity index (χ0) is 17.4. The fourth-order valence-electron chi connectivity index (χ4n) is 2.00. The summed E-state index contributed by atoms with van der Waals surface area (Å²) in [5.74, 6) is 0.244. The van der Waals surface area contributed by atoms with Gasteiger partial charge in [-0.2, -0.15) is 5.10 Å². The number of aromatic nitrogens is 2. The van der Waals surface area contributed by atoms with E-state index in [-0.39, 0.29) is 12.3 Å². The van der Waals surface area contributed by atoms with Crippen LogP contribution in [-0.2, 0) is 13.1 Å². The predicted octanol–water partition coefficient (Wildman–Crippen LogP) is 2.15. The van der Waals surface area contributed by atoms with Gasteiger partial charge in [0.15, 0.2) is 5.96 Å². The maximum Gasteiger partial charge on any atom is 0.573 e. The predicted molar refractivity (Wildman–Crippen MR) is 83.6 cm³/mol. The monoisotopic (exact) mass is 341 g/mol. The molecule has 0 unspecified atom stereocenters. The quantitative estimate of drug-likeness (QED) is 0.624. The van der Waals surface area contributed by atoms with Crippen LogP contribution in [0.3, 0.4) is 0 Å². The van der Waals surface area contributed by atoms with Crippen LogP contribution < -0.4 is 15.4 Å². The Hall–Kier alpha value is -2.71. The second kappa shape index (κ2) is 8.23. The van der Waals surface area contributed by atoms with Crippen molar-refractivity contribution in [1.29, 1.82) is 0 Å². The lowest BCUT2D eigenvalue weighted by Gasteiger charge is -2.15. The molecule has 1 aromatic carbocycles. The summed E-state index contributed by atoms with van der Waals surface area (Å²) >= 11 is 0. The lowest BCUT2D eigenvalue weighted by Crippen LogP contribution is -2.38. The lowest BCUT2D eigenvalue weighted by atomic mass is 10.2. The molecule has 0 radical (unpaired) electrons. The van der Waals surface area contributed by atoms with Gasteiger partial charge in [-0.3, -0.25) is 9.67 Å². The van der Waals surface area contributed by atoms with Crippen molar-refractivity contribution in [2.75, 3.05) is 13.6 Å². The molecule has 0 saturated carbocycles. The van der Waals surface area contributed by atoms with Crippen molar-refractivity contribution in [3.05, 3.63) is 48.3 Å². The number of halogens is 3. The third kappa shape index (κ3) is 5.82. The summed E-state index contributed by atoms with van der Waals surface area (Å²) < 4.78 is 43.0. The van der Waals surface area contributed by atoms with Gasteiger partial charge in [0.25, 0.3) is 0 Å². The molecule has 0 amide bonds. The van der Waals surface area contributed by atoms with Gasteiger partial charge in [-0.15, -0.1) is 13.2 Å². The molecule has 0 aliphatic rings. The summed E-state index contributed by atoms with van der Waals surface area (Å²) in [5.41, 5.74) is 0.379. The molecule has 2 N–H and O–H groups in total. The molecular weight excluding hydrogens is 323 g/mol. The number of hydrogen-bond acceptors (Lipinski definition) is 3. The van der Waals surface area contributed by atoms with Gasteiger partial charge in [0.05, 0.1) is 6.54 Å². The van der Waals surface area contributed by atoms with Crippen molar-refractivity contribution in [1.82, 2.24) is 20.4 Å². The van der Waals surface area contributed by atoms with Crippen LogP contribution in [0.1, 0.15) is 5.56 Å². The highest BCUT2D eigenvalue weighted by Gasteiger charge is 2.31. The summed E-state index contributed by atoms with van der Waals surface area (Å²) in [6.07, 6.45) is -1.20. The Balaban J connectivity index is 1.86. The molecule has 0 aliphatic carbocycles. The average molecular weight is 341 g/mol. The Morgan fingerprint density at radius 2 is 2.04 bits per heavy atom. The van der Waals surface area contributed by atoms with Crippen LogP contribution in [0.25, 0.3) is 0 Å². The van der Waals surface area contributed by atoms with Crippen molar-refractivity contribution in [3.8, 4) is 5.75 Å². The highest BCUT2D eigenvalue weighted by Crippen LogP contribution is 2.25. The number of benzene rings is 1. The molecule has 0 saturated heterocycles. The van der Waals surface area contributed by atoms with Crippen molar-refractivity contribution >= 4 is 5.96 Å². The zero-order valence-corrected chi connectivity index (χ0v) is 13.0. The van der Waals surface area contributed by atoms with Crippen molar-refractivity contribution < 1.29 is 17.9 Å². The van der Waals surface area contributed by atoms with Crippen LogP contribution in [0, 0.1) is 0 Å². The Morgan fingerprint density at radius 1 is 1.25 bits per heavy atom. The molecule has 0 bridgehead atoms. The molecule has 24 heavy (non-hydrogen) atoms. The third-order valence-corrected chi connectivity index (χ3v) is 3.06. The van der Waals surface area contributed by atoms with E-state index in [1.807, 2.05) is 12.3 Å². The molecule has 0 atom stereocenters. The lowest BCUT2D eigenvalue weighted by molar-refractivity contribution is -0.274. The number of nitrogens with zero attached hydrogens (tertiary/aromatic N) is 3. The molecule has 130 valence electrons. The first-order valence-corrected chi connectivity index (χ1v) is 7.23. The van der Waals surface area contributed by atoms with Gasteiger partial charge in [0.1, 0.15) is 5.75 Å². The number of hydrogen-bond donors (Lipinski definition) is 2. The average Bonchev–Trinajstić information content (AvgIpc) is 3.04. The van der Waals surface area contributed by atoms with Crippen molar-refractivity contribution in [3.63, 3.8) is 0 Å². The van der Waals surface area contributed by atoms with E-state index in [1.165, 1.54) is 12.1 Å². The van der Waals surface area contributed by atoms with E-state index in [1.54, 1.807) is 30.1 Å². The van der Waals surface area contributed by atoms with Crippen molar-refractivity contribution in [2.45, 2.75) is 19.5 Å². The van der Waals surface area contributed by atoms with E-state index >= 15 is 0 Å². The van der Waals surface area contributed by atoms with Gasteiger partial charge in [-0.05, 0) is 12.1 Å². The second-order valence-electron chi connectivity index (χ2n) is 4.78. The molecule has 1 aromatic heterocycles. The molecule has 0 aliphatic heterocycles. The highest BCUT2D eigenvalue weighted by atomic mass is 19.4. The molecule has 1 heterocycles. The van der Waals surface area contributed by atoms with Gasteiger partial charge in [0.2, 0.25) is 0 Å². The summed E-state index contributed by atoms with van der Waals surface area (Å²) in [4.78, 5) is 4.03. The van der Waals surface area contributed by atoms with Crippen LogP contribution in [-0.4, -0.2) is 35.7 Å². The first-order chi connectivity index (χ1) is 11.5. The van der Waals surface area contributed by atoms with E-state index in [0.717, 1.165) is 0 Å². The number of aliphatic imine (C=N–C) groups is 1. The topological polar surface area (TPSA) is 63.5 Å². The minimum Gasteiger partial charge on any atom is -0.405 e. The Kier molecular flexibility index (Phi) is 6.05. The third-order valence-electron chi connectivity index (χ3n) is 3.06. The standard InChI is InChI=1S/C15H18F3N5O/c1-19-14(20-8-10-23-9-4-7-22-23)21-11-12-5-2-3-6-13(12)24-15(16,17)18/h2-7,9H,8,10-11H2,1H3,(H2,19,20,21). The number of guanidine groups is 1. The Bertz CT molecular complexity index is 655. The Morgan fingerprint density at radius 3 is 2.71 bits per heavy atom. The van der Waals surface area contributed by atoms with E-state index in [0.29, 0.717) is 24.6 Å². The fraction of sp³-hybridized carbons (Fsp3) is 0.333. The zero-order valence-electron chi connectivity index (χ0n) is 13.0. The summed E-state index contributed by atoms with van der Waals surface area (Å²) in [6.45, 7) is 1.36. The van der Waals surface area contributed by atoms with E-state index in [9.17, 15) is 13.2 Å². The number of ether oxygens (including phenoxy) is 1. The largest absolute Gasteiger partial charge is 0.573 e. The highest BCUT2D eigenvalue weighted by molar-refractivity contribution is 5.79. The first kappa shape index (κ1) is 17.6. The second-order valence-corrected chi connectivity index (χ2v) is 4.78. The van der Waals surface area contributed by atoms with Gasteiger partial charge >= 0.3 is 6.36 Å². The molecular formula is C15H18F3N5O. The molecule has 9 heteroatoms. The van der Waals surface area contributed by atoms with Gasteiger partial charge in [-0.1, -0.05) is 18.2 Å². The smallest absolute Gasteiger partial charge is 0.405 e. The first-order valence-electron chi connectivity index (χ1n) is 7.23. The number of nitrogens with one attached hydrogen (secondary N) is 2. The molecule has 0 spiro atoms. The molecule has 2 aromatic rings. The van der Waals surface area contributed by atoms with Crippen molar-refractivity contribution in [2.24, 2.45) is 4.99 Å². The van der Waals surface area contributed by atoms with Gasteiger partial charge in [-0.25, -0.2) is 0 Å². The number of para-hydroxylation sites is 1. The molecule has 6 nitrogen and oxygen atoms in total. The molecule has 0 fully saturated rings. The SMILES string of the molecule is CN=C(NCCn1cccn1)NCc1ccccc1OC(F)(F)F. The summed E-state index contributed by atoms with van der Waals surface area (Å²) in [6, 6.07) is 7.80. The van der Waals surface area contributed by atoms with Crippen LogP contribution in [0.4, 0.5) is 13.2 Å². The summed E-state index contributed by atoms with van der Waals surface area (Å²) in [5, 5.41) is 10.1. The normalized spacial score (nSPS) is 12.1. The van der Waals surface area contributed by atoms with Crippen LogP contribution >= 0.6 is 0 Å². The van der Waals surface area contributed by atoms with E-state index < -0.39 is 6.36 Å². The minimum atomic E-state index is -4.72. The van der Waals surface area contributed by atoms with Crippen LogP contribution in [0.2, 0.25) is 0 Å². The summed E-state index contributed by atoms with van der Waals surface area (Å²) in [7, 11) is 1.58. The van der Waals surface area contributed by atoms with Crippen LogP contribution in [0.15, 0.2) is 47.7 Å². The maximum atomic E-state index is 12.4. The van der Waals surface area contributed by atoms with E-state index in [4.69, 9.17) is 0 Å². The molecule has 2 rings (SSSR count). The Labute approximate surface area is 137 Å². The minimum absolute atomic E-state index is 0.147. The number of rotatable bonds is 6. The fourth-order valence-corrected chi connectivity index (χ4v) is 2.00. The number of alkyl halides is 3. The van der Waals surface area contributed by atoms with Gasteiger partial charge < -0.3 is 15.4 Å².